The molecule has 32 heavy (non-hydrogen) atoms. The maximum Gasteiger partial charge on any atom is 0.338 e. The minimum Gasteiger partial charge on any atom is -0.487 e. The Hall–Kier alpha value is -2.72. The minimum atomic E-state index is -0.628. The average molecular weight is 452 g/mol. The molecule has 1 fully saturated rings. The van der Waals surface area contributed by atoms with Gasteiger partial charge in [-0.3, -0.25) is 19.8 Å². The first-order chi connectivity index (χ1) is 15.3. The molecule has 1 unspecified atom stereocenters. The zero-order valence-electron chi connectivity index (χ0n) is 19.2. The van der Waals surface area contributed by atoms with Crippen LogP contribution in [0.2, 0.25) is 0 Å². The summed E-state index contributed by atoms with van der Waals surface area (Å²) >= 11 is 0. The third-order valence-corrected chi connectivity index (χ3v) is 5.05. The van der Waals surface area contributed by atoms with E-state index in [-0.39, 0.29) is 29.6 Å². The first-order valence-corrected chi connectivity index (χ1v) is 11.0. The van der Waals surface area contributed by atoms with Gasteiger partial charge in [-0.2, -0.15) is 0 Å². The lowest BCUT2D eigenvalue weighted by Gasteiger charge is -2.32. The van der Waals surface area contributed by atoms with Crippen LogP contribution in [0.4, 0.5) is 5.69 Å². The molecule has 10 nitrogen and oxygen atoms in total. The number of rotatable bonds is 11. The second-order valence-electron chi connectivity index (χ2n) is 7.98. The van der Waals surface area contributed by atoms with Crippen LogP contribution in [0.15, 0.2) is 12.1 Å². The smallest absolute Gasteiger partial charge is 0.338 e. The SMILES string of the molecule is CCOC(=O)c1cc([N+](=O)[O-])c(OCCC(C)C)cc1CN1CCNC(C(=O)OCC)C1. The molecule has 1 aromatic rings. The quantitative estimate of drug-likeness (QED) is 0.307. The lowest BCUT2D eigenvalue weighted by atomic mass is 10.0. The normalized spacial score (nSPS) is 16.6. The molecular weight excluding hydrogens is 418 g/mol. The van der Waals surface area contributed by atoms with Crippen molar-refractivity contribution in [2.24, 2.45) is 5.92 Å². The van der Waals surface area contributed by atoms with Gasteiger partial charge in [-0.15, -0.1) is 0 Å². The molecule has 1 N–H and O–H groups in total. The van der Waals surface area contributed by atoms with Gasteiger partial charge in [0.1, 0.15) is 6.04 Å². The molecule has 0 saturated carbocycles. The maximum atomic E-state index is 12.6. The Balaban J connectivity index is 2.33. The molecule has 1 atom stereocenters. The summed E-state index contributed by atoms with van der Waals surface area (Å²) in [6.07, 6.45) is 0.741. The number of hydrogen-bond acceptors (Lipinski definition) is 9. The predicted octanol–water partition coefficient (Wildman–Crippen LogP) is 2.53. The number of ether oxygens (including phenoxy) is 3. The van der Waals surface area contributed by atoms with Crippen molar-refractivity contribution in [1.82, 2.24) is 10.2 Å². The first kappa shape index (κ1) is 25.5. The molecular formula is C22H33N3O7. The highest BCUT2D eigenvalue weighted by Crippen LogP contribution is 2.32. The number of nitro groups is 1. The third-order valence-electron chi connectivity index (χ3n) is 5.05. The lowest BCUT2D eigenvalue weighted by Crippen LogP contribution is -2.54. The molecule has 1 heterocycles. The van der Waals surface area contributed by atoms with E-state index in [1.807, 2.05) is 18.7 Å². The lowest BCUT2D eigenvalue weighted by molar-refractivity contribution is -0.385. The average Bonchev–Trinajstić information content (AvgIpc) is 2.74. The highest BCUT2D eigenvalue weighted by Gasteiger charge is 2.29. The Labute approximate surface area is 188 Å². The van der Waals surface area contributed by atoms with Crippen molar-refractivity contribution in [1.29, 1.82) is 0 Å². The molecule has 0 amide bonds. The number of nitro benzene ring substituents is 1. The number of esters is 2. The van der Waals surface area contributed by atoms with Gasteiger partial charge in [0.15, 0.2) is 5.75 Å². The highest BCUT2D eigenvalue weighted by atomic mass is 16.6. The van der Waals surface area contributed by atoms with Gasteiger partial charge in [0.05, 0.1) is 30.3 Å². The summed E-state index contributed by atoms with van der Waals surface area (Å²) in [5.74, 6) is -0.454. The van der Waals surface area contributed by atoms with E-state index in [1.165, 1.54) is 6.07 Å². The van der Waals surface area contributed by atoms with Crippen molar-refractivity contribution >= 4 is 17.6 Å². The van der Waals surface area contributed by atoms with Crippen molar-refractivity contribution < 1.29 is 28.7 Å². The predicted molar refractivity (Wildman–Crippen MR) is 118 cm³/mol. The second-order valence-corrected chi connectivity index (χ2v) is 7.98. The van der Waals surface area contributed by atoms with Gasteiger partial charge in [0, 0.05) is 32.2 Å². The van der Waals surface area contributed by atoms with Gasteiger partial charge in [-0.05, 0) is 37.8 Å². The van der Waals surface area contributed by atoms with Crippen molar-refractivity contribution in [2.45, 2.75) is 46.7 Å². The summed E-state index contributed by atoms with van der Waals surface area (Å²) in [4.78, 5) is 37.8. The molecule has 178 valence electrons. The van der Waals surface area contributed by atoms with Crippen LogP contribution in [-0.4, -0.2) is 67.3 Å². The number of carbonyl (C=O) groups is 2. The van der Waals surface area contributed by atoms with Crippen molar-refractivity contribution in [3.8, 4) is 5.75 Å². The van der Waals surface area contributed by atoms with Gasteiger partial charge in [0.2, 0.25) is 0 Å². The molecule has 0 spiro atoms. The number of hydrogen-bond donors (Lipinski definition) is 1. The van der Waals surface area contributed by atoms with Crippen LogP contribution in [0.1, 0.15) is 50.0 Å². The Morgan fingerprint density at radius 2 is 1.97 bits per heavy atom. The summed E-state index contributed by atoms with van der Waals surface area (Å²) in [7, 11) is 0. The zero-order valence-corrected chi connectivity index (χ0v) is 19.2. The topological polar surface area (TPSA) is 120 Å². The third kappa shape index (κ3) is 7.16. The molecule has 0 bridgehead atoms. The monoisotopic (exact) mass is 451 g/mol. The Kier molecular flexibility index (Phi) is 9.86. The fourth-order valence-corrected chi connectivity index (χ4v) is 3.40. The molecule has 1 aliphatic rings. The highest BCUT2D eigenvalue weighted by molar-refractivity contribution is 5.92. The molecule has 2 rings (SSSR count). The van der Waals surface area contributed by atoms with Gasteiger partial charge < -0.3 is 19.5 Å². The van der Waals surface area contributed by atoms with Crippen LogP contribution in [0.3, 0.4) is 0 Å². The fourth-order valence-electron chi connectivity index (χ4n) is 3.40. The molecule has 1 aliphatic heterocycles. The maximum absolute atomic E-state index is 12.6. The fraction of sp³-hybridized carbons (Fsp3) is 0.636. The van der Waals surface area contributed by atoms with Gasteiger partial charge >= 0.3 is 17.6 Å². The molecule has 0 radical (unpaired) electrons. The van der Waals surface area contributed by atoms with Gasteiger partial charge in [0.25, 0.3) is 0 Å². The number of carbonyl (C=O) groups excluding carboxylic acids is 2. The zero-order chi connectivity index (χ0) is 23.7. The molecule has 1 aromatic carbocycles. The Morgan fingerprint density at radius 1 is 1.25 bits per heavy atom. The largest absolute Gasteiger partial charge is 0.487 e. The van der Waals surface area contributed by atoms with Gasteiger partial charge in [-0.25, -0.2) is 4.79 Å². The van der Waals surface area contributed by atoms with Crippen LogP contribution in [0, 0.1) is 16.0 Å². The van der Waals surface area contributed by atoms with Crippen LogP contribution < -0.4 is 10.1 Å². The summed E-state index contributed by atoms with van der Waals surface area (Å²) in [5.41, 5.74) is 0.407. The number of nitrogens with zero attached hydrogens (tertiary/aromatic N) is 2. The molecule has 0 aliphatic carbocycles. The first-order valence-electron chi connectivity index (χ1n) is 11.0. The van der Waals surface area contributed by atoms with Crippen LogP contribution >= 0.6 is 0 Å². The van der Waals surface area contributed by atoms with E-state index in [9.17, 15) is 19.7 Å². The molecule has 0 aromatic heterocycles. The van der Waals surface area contributed by atoms with E-state index in [4.69, 9.17) is 14.2 Å². The Bertz CT molecular complexity index is 813. The summed E-state index contributed by atoms with van der Waals surface area (Å²) in [6, 6.07) is 2.30. The number of piperazine rings is 1. The Morgan fingerprint density at radius 3 is 2.59 bits per heavy atom. The van der Waals surface area contributed by atoms with Crippen LogP contribution in [0.5, 0.6) is 5.75 Å². The minimum absolute atomic E-state index is 0.121. The summed E-state index contributed by atoms with van der Waals surface area (Å²) < 4.78 is 16.0. The van der Waals surface area contributed by atoms with Crippen LogP contribution in [0.25, 0.3) is 0 Å². The number of benzene rings is 1. The van der Waals surface area contributed by atoms with Crippen LogP contribution in [-0.2, 0) is 20.8 Å². The second kappa shape index (κ2) is 12.4. The van der Waals surface area contributed by atoms with Crippen molar-refractivity contribution in [3.05, 3.63) is 33.4 Å². The van der Waals surface area contributed by atoms with E-state index < -0.39 is 16.9 Å². The van der Waals surface area contributed by atoms with Crippen molar-refractivity contribution in [2.75, 3.05) is 39.5 Å². The number of nitrogens with one attached hydrogen (secondary N) is 1. The van der Waals surface area contributed by atoms with E-state index in [0.717, 1.165) is 6.42 Å². The van der Waals surface area contributed by atoms with E-state index >= 15 is 0 Å². The summed E-state index contributed by atoms with van der Waals surface area (Å²) in [6.45, 7) is 10.2. The van der Waals surface area contributed by atoms with E-state index in [0.29, 0.717) is 50.9 Å². The van der Waals surface area contributed by atoms with Crippen molar-refractivity contribution in [3.63, 3.8) is 0 Å². The standard InChI is InChI=1S/C22H33N3O7/c1-5-30-21(26)17-12-19(25(28)29)20(32-10-7-15(3)4)11-16(17)13-24-9-8-23-18(14-24)22(27)31-6-2/h11-12,15,18,23H,5-10,13-14H2,1-4H3. The van der Waals surface area contributed by atoms with E-state index in [1.54, 1.807) is 19.9 Å². The molecule has 1 saturated heterocycles. The van der Waals surface area contributed by atoms with Gasteiger partial charge in [-0.1, -0.05) is 13.8 Å². The van der Waals surface area contributed by atoms with E-state index in [2.05, 4.69) is 5.32 Å². The summed E-state index contributed by atoms with van der Waals surface area (Å²) in [5, 5.41) is 14.8. The molecule has 10 heteroatoms.